The van der Waals surface area contributed by atoms with Crippen LogP contribution in [0.15, 0.2) is 24.3 Å². The third-order valence-corrected chi connectivity index (χ3v) is 6.57. The van der Waals surface area contributed by atoms with Gasteiger partial charge in [0.05, 0.1) is 11.0 Å². The Morgan fingerprint density at radius 3 is 1.87 bits per heavy atom. The molecule has 3 amide bonds. The van der Waals surface area contributed by atoms with Crippen molar-refractivity contribution in [2.45, 2.75) is 66.1 Å². The SMILES string of the molecule is CCC(=O)N(C(C)=O)C(C)(NC)C(C)(C)C(=O)NN(C)C(C)(C)c1ccc(NC)cc1. The fourth-order valence-electron chi connectivity index (χ4n) is 3.49. The summed E-state index contributed by atoms with van der Waals surface area (Å²) < 4.78 is 0. The summed E-state index contributed by atoms with van der Waals surface area (Å²) in [5.41, 5.74) is 2.12. The average Bonchev–Trinajstić information content (AvgIpc) is 2.72. The molecule has 0 saturated carbocycles. The van der Waals surface area contributed by atoms with Crippen molar-refractivity contribution in [3.8, 4) is 0 Å². The van der Waals surface area contributed by atoms with E-state index in [9.17, 15) is 14.4 Å². The summed E-state index contributed by atoms with van der Waals surface area (Å²) in [7, 11) is 5.31. The fraction of sp³-hybridized carbons (Fsp3) is 0.609. The zero-order valence-corrected chi connectivity index (χ0v) is 20.6. The number of hydrogen-bond acceptors (Lipinski definition) is 6. The van der Waals surface area contributed by atoms with Crippen molar-refractivity contribution in [3.05, 3.63) is 29.8 Å². The Hall–Kier alpha value is -2.45. The summed E-state index contributed by atoms with van der Waals surface area (Å²) in [6, 6.07) is 7.98. The molecule has 3 N–H and O–H groups in total. The number of carbonyl (C=O) groups is 3. The molecular formula is C23H39N5O3. The lowest BCUT2D eigenvalue weighted by atomic mass is 9.77. The van der Waals surface area contributed by atoms with Gasteiger partial charge in [-0.1, -0.05) is 19.1 Å². The van der Waals surface area contributed by atoms with Crippen LogP contribution >= 0.6 is 0 Å². The van der Waals surface area contributed by atoms with Gasteiger partial charge in [-0.2, -0.15) is 0 Å². The Morgan fingerprint density at radius 2 is 1.48 bits per heavy atom. The highest BCUT2D eigenvalue weighted by Crippen LogP contribution is 2.36. The van der Waals surface area contributed by atoms with E-state index in [1.165, 1.54) is 6.92 Å². The van der Waals surface area contributed by atoms with Crippen LogP contribution in [0.3, 0.4) is 0 Å². The lowest BCUT2D eigenvalue weighted by Gasteiger charge is -2.49. The third-order valence-electron chi connectivity index (χ3n) is 6.57. The van der Waals surface area contributed by atoms with Gasteiger partial charge in [0.25, 0.3) is 0 Å². The van der Waals surface area contributed by atoms with Crippen LogP contribution in [0.25, 0.3) is 0 Å². The van der Waals surface area contributed by atoms with Gasteiger partial charge < -0.3 is 5.32 Å². The molecule has 0 radical (unpaired) electrons. The first kappa shape index (κ1) is 26.6. The second kappa shape index (κ2) is 9.78. The van der Waals surface area contributed by atoms with Crippen molar-refractivity contribution in [2.75, 3.05) is 26.5 Å². The Bertz CT molecular complexity index is 804. The molecule has 0 aromatic heterocycles. The van der Waals surface area contributed by atoms with E-state index in [2.05, 4.69) is 16.1 Å². The molecule has 8 nitrogen and oxygen atoms in total. The molecule has 31 heavy (non-hydrogen) atoms. The molecule has 1 aromatic rings. The van der Waals surface area contributed by atoms with Crippen LogP contribution in [0.2, 0.25) is 0 Å². The number of rotatable bonds is 9. The van der Waals surface area contributed by atoms with E-state index in [-0.39, 0.29) is 18.2 Å². The minimum absolute atomic E-state index is 0.157. The number of anilines is 1. The van der Waals surface area contributed by atoms with Gasteiger partial charge in [-0.25, -0.2) is 5.01 Å². The maximum absolute atomic E-state index is 13.4. The lowest BCUT2D eigenvalue weighted by molar-refractivity contribution is -0.164. The number of hydrazine groups is 1. The Labute approximate surface area is 186 Å². The van der Waals surface area contributed by atoms with Crippen molar-refractivity contribution in [2.24, 2.45) is 5.41 Å². The molecule has 0 aliphatic carbocycles. The monoisotopic (exact) mass is 433 g/mol. The highest BCUT2D eigenvalue weighted by Gasteiger charge is 2.53. The van der Waals surface area contributed by atoms with Crippen LogP contribution in [-0.2, 0) is 19.9 Å². The largest absolute Gasteiger partial charge is 0.388 e. The first-order valence-corrected chi connectivity index (χ1v) is 10.6. The van der Waals surface area contributed by atoms with Gasteiger partial charge in [-0.15, -0.1) is 0 Å². The molecule has 0 heterocycles. The van der Waals surface area contributed by atoms with Crippen molar-refractivity contribution in [3.63, 3.8) is 0 Å². The Kier molecular flexibility index (Phi) is 8.39. The molecule has 1 atom stereocenters. The zero-order valence-electron chi connectivity index (χ0n) is 20.6. The van der Waals surface area contributed by atoms with Gasteiger partial charge in [0, 0.05) is 33.1 Å². The number of imide groups is 1. The highest BCUT2D eigenvalue weighted by atomic mass is 16.2. The van der Waals surface area contributed by atoms with E-state index in [4.69, 9.17) is 0 Å². The minimum atomic E-state index is -1.23. The molecule has 0 fully saturated rings. The van der Waals surface area contributed by atoms with Crippen LogP contribution in [-0.4, -0.2) is 54.4 Å². The standard InChI is InChI=1S/C23H39N5O3/c1-11-19(30)28(16(2)29)23(7,25-9)21(3,4)20(31)26-27(10)22(5,6)17-12-14-18(24-8)15-13-17/h12-15,24-25H,11H2,1-10H3,(H,26,31). The number of hydrogen-bond donors (Lipinski definition) is 3. The van der Waals surface area contributed by atoms with Crippen LogP contribution in [0, 0.1) is 5.41 Å². The van der Waals surface area contributed by atoms with Crippen LogP contribution < -0.4 is 16.1 Å². The van der Waals surface area contributed by atoms with Gasteiger partial charge in [0.2, 0.25) is 17.7 Å². The first-order valence-electron chi connectivity index (χ1n) is 10.6. The normalized spacial score (nSPS) is 14.0. The maximum atomic E-state index is 13.4. The highest BCUT2D eigenvalue weighted by molar-refractivity contribution is 5.96. The van der Waals surface area contributed by atoms with Gasteiger partial charge in [0.15, 0.2) is 0 Å². The summed E-state index contributed by atoms with van der Waals surface area (Å²) >= 11 is 0. The van der Waals surface area contributed by atoms with Crippen molar-refractivity contribution < 1.29 is 14.4 Å². The van der Waals surface area contributed by atoms with Crippen LogP contribution in [0.5, 0.6) is 0 Å². The van der Waals surface area contributed by atoms with Crippen LogP contribution in [0.1, 0.15) is 60.5 Å². The number of nitrogens with zero attached hydrogens (tertiary/aromatic N) is 2. The van der Waals surface area contributed by atoms with Gasteiger partial charge >= 0.3 is 0 Å². The average molecular weight is 434 g/mol. The quantitative estimate of drug-likeness (QED) is 0.410. The number of amides is 3. The molecule has 0 saturated heterocycles. The van der Waals surface area contributed by atoms with E-state index in [1.807, 2.05) is 45.2 Å². The second-order valence-electron chi connectivity index (χ2n) is 8.94. The predicted octanol–water partition coefficient (Wildman–Crippen LogP) is 2.67. The summed E-state index contributed by atoms with van der Waals surface area (Å²) in [5, 5.41) is 7.90. The number of carbonyl (C=O) groups excluding carboxylic acids is 3. The second-order valence-corrected chi connectivity index (χ2v) is 8.94. The number of nitrogens with one attached hydrogen (secondary N) is 3. The smallest absolute Gasteiger partial charge is 0.243 e. The molecule has 1 rings (SSSR count). The Balaban J connectivity index is 3.23. The van der Waals surface area contributed by atoms with Crippen LogP contribution in [0.4, 0.5) is 5.69 Å². The van der Waals surface area contributed by atoms with Crippen molar-refractivity contribution >= 4 is 23.4 Å². The summed E-state index contributed by atoms with van der Waals surface area (Å²) in [4.78, 5) is 39.5. The van der Waals surface area contributed by atoms with Crippen molar-refractivity contribution in [1.29, 1.82) is 0 Å². The Morgan fingerprint density at radius 1 is 0.968 bits per heavy atom. The van der Waals surface area contributed by atoms with Gasteiger partial charge in [-0.3, -0.25) is 30.0 Å². The fourth-order valence-corrected chi connectivity index (χ4v) is 3.49. The van der Waals surface area contributed by atoms with Gasteiger partial charge in [0.1, 0.15) is 5.66 Å². The van der Waals surface area contributed by atoms with Crippen molar-refractivity contribution in [1.82, 2.24) is 20.7 Å². The van der Waals surface area contributed by atoms with E-state index in [0.717, 1.165) is 16.2 Å². The van der Waals surface area contributed by atoms with Gasteiger partial charge in [-0.05, 0) is 59.4 Å². The maximum Gasteiger partial charge on any atom is 0.243 e. The zero-order chi connectivity index (χ0) is 24.2. The predicted molar refractivity (Wildman–Crippen MR) is 124 cm³/mol. The molecule has 8 heteroatoms. The molecule has 0 aliphatic rings. The summed E-state index contributed by atoms with van der Waals surface area (Å²) in [5.74, 6) is -1.08. The molecule has 0 bridgehead atoms. The molecule has 1 unspecified atom stereocenters. The lowest BCUT2D eigenvalue weighted by Crippen LogP contribution is -2.71. The molecule has 0 aliphatic heterocycles. The topological polar surface area (TPSA) is 93.8 Å². The molecule has 1 aromatic carbocycles. The summed E-state index contributed by atoms with van der Waals surface area (Å²) in [6.45, 7) is 12.2. The minimum Gasteiger partial charge on any atom is -0.388 e. The number of benzene rings is 1. The van der Waals surface area contributed by atoms with E-state index >= 15 is 0 Å². The first-order chi connectivity index (χ1) is 14.2. The third kappa shape index (κ3) is 5.07. The molecule has 0 spiro atoms. The van der Waals surface area contributed by atoms with E-state index in [0.29, 0.717) is 0 Å². The molecular weight excluding hydrogens is 394 g/mol. The van der Waals surface area contributed by atoms with E-state index in [1.54, 1.807) is 46.8 Å². The molecule has 174 valence electrons. The van der Waals surface area contributed by atoms with E-state index < -0.39 is 22.5 Å². The summed E-state index contributed by atoms with van der Waals surface area (Å²) in [6.07, 6.45) is 0.157.